The molecule has 168 valence electrons. The topological polar surface area (TPSA) is 91.2 Å². The summed E-state index contributed by atoms with van der Waals surface area (Å²) in [6.07, 6.45) is 6.37. The molecule has 33 heavy (non-hydrogen) atoms. The Morgan fingerprint density at radius 3 is 2.52 bits per heavy atom. The van der Waals surface area contributed by atoms with E-state index in [1.165, 1.54) is 12.4 Å². The van der Waals surface area contributed by atoms with Crippen LogP contribution in [-0.2, 0) is 4.79 Å². The Balaban J connectivity index is 1.38. The number of aromatic nitrogens is 2. The highest BCUT2D eigenvalue weighted by Gasteiger charge is 2.22. The lowest BCUT2D eigenvalue weighted by Crippen LogP contribution is -2.39. The van der Waals surface area contributed by atoms with Gasteiger partial charge in [0.2, 0.25) is 5.91 Å². The lowest BCUT2D eigenvalue weighted by atomic mass is 9.96. The average Bonchev–Trinajstić information content (AvgIpc) is 2.88. The van der Waals surface area contributed by atoms with Crippen molar-refractivity contribution in [1.29, 1.82) is 5.41 Å². The van der Waals surface area contributed by atoms with Crippen LogP contribution in [0.3, 0.4) is 0 Å². The molecule has 2 heterocycles. The van der Waals surface area contributed by atoms with Gasteiger partial charge in [-0.25, -0.2) is 9.97 Å². The molecule has 0 bridgehead atoms. The Morgan fingerprint density at radius 2 is 1.82 bits per heavy atom. The molecule has 1 aliphatic heterocycles. The number of nitrogens with one attached hydrogen (secondary N) is 2. The molecule has 0 saturated carbocycles. The van der Waals surface area contributed by atoms with Gasteiger partial charge in [-0.2, -0.15) is 0 Å². The first-order chi connectivity index (χ1) is 16.1. The van der Waals surface area contributed by atoms with Crippen molar-refractivity contribution >= 4 is 17.4 Å². The van der Waals surface area contributed by atoms with Gasteiger partial charge in [0, 0.05) is 31.4 Å². The maximum Gasteiger partial charge on any atom is 0.245 e. The monoisotopic (exact) mass is 441 g/mol. The van der Waals surface area contributed by atoms with E-state index in [2.05, 4.69) is 21.9 Å². The van der Waals surface area contributed by atoms with Crippen LogP contribution >= 0.6 is 0 Å². The van der Waals surface area contributed by atoms with Gasteiger partial charge in [-0.3, -0.25) is 10.2 Å². The number of likely N-dealkylation sites (tertiary alicyclic amines) is 1. The lowest BCUT2D eigenvalue weighted by Gasteiger charge is -2.31. The van der Waals surface area contributed by atoms with Crippen molar-refractivity contribution in [3.8, 4) is 11.5 Å². The van der Waals surface area contributed by atoms with Crippen LogP contribution in [0.25, 0.3) is 0 Å². The molecule has 4 rings (SSSR count). The summed E-state index contributed by atoms with van der Waals surface area (Å²) in [5, 5.41) is 12.1. The van der Waals surface area contributed by atoms with Crippen molar-refractivity contribution in [3.05, 3.63) is 90.9 Å². The summed E-state index contributed by atoms with van der Waals surface area (Å²) in [6.45, 7) is 5.77. The highest BCUT2D eigenvalue weighted by Crippen LogP contribution is 2.24. The second-order valence-electron chi connectivity index (χ2n) is 7.95. The summed E-state index contributed by atoms with van der Waals surface area (Å²) >= 11 is 0. The number of para-hydroxylation sites is 1. The zero-order valence-electron chi connectivity index (χ0n) is 18.4. The largest absolute Gasteiger partial charge is 0.457 e. The minimum Gasteiger partial charge on any atom is -0.457 e. The van der Waals surface area contributed by atoms with Crippen LogP contribution in [0.1, 0.15) is 24.0 Å². The standard InChI is InChI=1S/C26H27N5O2/c1-2-24(32)31-14-12-19(13-15-31)16-29-26-23(17-28-18-30-26)25(27)20-8-10-22(11-9-20)33-21-6-4-3-5-7-21/h2-11,17-19,27H,1,12-16H2,(H,28,29,30). The van der Waals surface area contributed by atoms with Crippen LogP contribution in [-0.4, -0.2) is 46.1 Å². The number of carbonyl (C=O) groups excluding carboxylic acids is 1. The predicted molar refractivity (Wildman–Crippen MR) is 129 cm³/mol. The molecule has 7 heteroatoms. The number of carbonyl (C=O) groups is 1. The van der Waals surface area contributed by atoms with Crippen molar-refractivity contribution in [1.82, 2.24) is 14.9 Å². The van der Waals surface area contributed by atoms with Crippen LogP contribution in [0.15, 0.2) is 79.8 Å². The highest BCUT2D eigenvalue weighted by atomic mass is 16.5. The van der Waals surface area contributed by atoms with E-state index in [1.807, 2.05) is 59.5 Å². The Hall–Kier alpha value is -4.00. The van der Waals surface area contributed by atoms with Crippen molar-refractivity contribution in [3.63, 3.8) is 0 Å². The van der Waals surface area contributed by atoms with Crippen molar-refractivity contribution < 1.29 is 9.53 Å². The molecule has 2 N–H and O–H groups in total. The number of rotatable bonds is 8. The molecule has 1 aromatic heterocycles. The maximum atomic E-state index is 11.8. The third-order valence-corrected chi connectivity index (χ3v) is 5.76. The molecule has 1 saturated heterocycles. The summed E-state index contributed by atoms with van der Waals surface area (Å²) in [5.74, 6) is 2.55. The van der Waals surface area contributed by atoms with Crippen molar-refractivity contribution in [2.45, 2.75) is 12.8 Å². The van der Waals surface area contributed by atoms with Crippen molar-refractivity contribution in [2.75, 3.05) is 25.0 Å². The first kappa shape index (κ1) is 22.2. The molecule has 0 atom stereocenters. The molecule has 0 radical (unpaired) electrons. The minimum atomic E-state index is -0.00636. The van der Waals surface area contributed by atoms with Gasteiger partial charge in [-0.15, -0.1) is 0 Å². The van der Waals surface area contributed by atoms with E-state index in [9.17, 15) is 4.79 Å². The SMILES string of the molecule is C=CC(=O)N1CCC(CNc2ncncc2C(=N)c2ccc(Oc3ccccc3)cc2)CC1. The minimum absolute atomic E-state index is 0.00636. The Labute approximate surface area is 193 Å². The number of amides is 1. The van der Waals surface area contributed by atoms with Gasteiger partial charge in [-0.05, 0) is 61.2 Å². The molecule has 7 nitrogen and oxygen atoms in total. The maximum absolute atomic E-state index is 11.8. The quantitative estimate of drug-likeness (QED) is 0.396. The first-order valence-electron chi connectivity index (χ1n) is 11.0. The number of hydrogen-bond acceptors (Lipinski definition) is 6. The van der Waals surface area contributed by atoms with Gasteiger partial charge in [0.25, 0.3) is 0 Å². The van der Waals surface area contributed by atoms with E-state index in [4.69, 9.17) is 10.1 Å². The summed E-state index contributed by atoms with van der Waals surface area (Å²) in [6, 6.07) is 17.0. The zero-order chi connectivity index (χ0) is 23.0. The fourth-order valence-electron chi connectivity index (χ4n) is 3.85. The summed E-state index contributed by atoms with van der Waals surface area (Å²) in [7, 11) is 0. The van der Waals surface area contributed by atoms with Crippen molar-refractivity contribution in [2.24, 2.45) is 5.92 Å². The number of anilines is 1. The fourth-order valence-corrected chi connectivity index (χ4v) is 3.85. The summed E-state index contributed by atoms with van der Waals surface area (Å²) in [4.78, 5) is 22.1. The summed E-state index contributed by atoms with van der Waals surface area (Å²) in [5.41, 5.74) is 1.74. The molecule has 1 amide bonds. The Morgan fingerprint density at radius 1 is 1.12 bits per heavy atom. The van der Waals surface area contributed by atoms with Gasteiger partial charge in [0.15, 0.2) is 0 Å². The van der Waals surface area contributed by atoms with Gasteiger partial charge in [0.1, 0.15) is 23.6 Å². The van der Waals surface area contributed by atoms with Gasteiger partial charge in [0.05, 0.1) is 11.3 Å². The second-order valence-corrected chi connectivity index (χ2v) is 7.95. The van der Waals surface area contributed by atoms with Gasteiger partial charge >= 0.3 is 0 Å². The van der Waals surface area contributed by atoms with Crippen LogP contribution in [0.2, 0.25) is 0 Å². The van der Waals surface area contributed by atoms with Crippen LogP contribution in [0.5, 0.6) is 11.5 Å². The predicted octanol–water partition coefficient (Wildman–Crippen LogP) is 4.52. The normalized spacial score (nSPS) is 13.9. The molecular formula is C26H27N5O2. The number of nitrogens with zero attached hydrogens (tertiary/aromatic N) is 3. The first-order valence-corrected chi connectivity index (χ1v) is 11.0. The number of hydrogen-bond donors (Lipinski definition) is 2. The Bertz CT molecular complexity index is 1110. The average molecular weight is 442 g/mol. The molecule has 0 unspecified atom stereocenters. The van der Waals surface area contributed by atoms with E-state index in [0.717, 1.165) is 43.8 Å². The third kappa shape index (κ3) is 5.63. The van der Waals surface area contributed by atoms with Crippen LogP contribution < -0.4 is 10.1 Å². The van der Waals surface area contributed by atoms with E-state index >= 15 is 0 Å². The molecule has 1 aliphatic rings. The Kier molecular flexibility index (Phi) is 7.09. The summed E-state index contributed by atoms with van der Waals surface area (Å²) < 4.78 is 5.84. The van der Waals surface area contributed by atoms with Crippen LogP contribution in [0, 0.1) is 11.3 Å². The molecular weight excluding hydrogens is 414 g/mol. The van der Waals surface area contributed by atoms with E-state index in [1.54, 1.807) is 6.20 Å². The molecule has 0 aliphatic carbocycles. The number of benzene rings is 2. The third-order valence-electron chi connectivity index (χ3n) is 5.76. The number of ether oxygens (including phenoxy) is 1. The molecule has 0 spiro atoms. The number of piperidine rings is 1. The van der Waals surface area contributed by atoms with E-state index in [0.29, 0.717) is 28.8 Å². The molecule has 1 fully saturated rings. The fraction of sp³-hybridized carbons (Fsp3) is 0.231. The van der Waals surface area contributed by atoms with Gasteiger partial charge < -0.3 is 15.0 Å². The highest BCUT2D eigenvalue weighted by molar-refractivity contribution is 6.13. The zero-order valence-corrected chi connectivity index (χ0v) is 18.4. The van der Waals surface area contributed by atoms with Gasteiger partial charge in [-0.1, -0.05) is 24.8 Å². The van der Waals surface area contributed by atoms with Crippen LogP contribution in [0.4, 0.5) is 5.82 Å². The smallest absolute Gasteiger partial charge is 0.245 e. The molecule has 3 aromatic rings. The molecule has 2 aromatic carbocycles. The van der Waals surface area contributed by atoms with E-state index in [-0.39, 0.29) is 5.91 Å². The lowest BCUT2D eigenvalue weighted by molar-refractivity contribution is -0.127. The van der Waals surface area contributed by atoms with E-state index < -0.39 is 0 Å². The second kappa shape index (κ2) is 10.5.